The van der Waals surface area contributed by atoms with Gasteiger partial charge in [0.25, 0.3) is 0 Å². The molecule has 2 aromatic heterocycles. The Morgan fingerprint density at radius 1 is 1.39 bits per heavy atom. The Hall–Kier alpha value is -2.11. The summed E-state index contributed by atoms with van der Waals surface area (Å²) in [5, 5.41) is 9.78. The minimum atomic E-state index is -0.274. The molecule has 2 rings (SSSR count). The van der Waals surface area contributed by atoms with Crippen LogP contribution in [0.25, 0.3) is 5.65 Å². The van der Waals surface area contributed by atoms with Crippen LogP contribution < -0.4 is 10.6 Å². The van der Waals surface area contributed by atoms with Crippen molar-refractivity contribution in [3.63, 3.8) is 0 Å². The maximum atomic E-state index is 11.7. The average molecular weight is 247 g/mol. The molecule has 96 valence electrons. The number of nitrogens with one attached hydrogen (secondary N) is 2. The number of hydrogen-bond donors (Lipinski definition) is 2. The zero-order chi connectivity index (χ0) is 13.3. The second-order valence-electron chi connectivity index (χ2n) is 5.26. The molecule has 0 fully saturated rings. The van der Waals surface area contributed by atoms with E-state index in [1.807, 2.05) is 33.8 Å². The summed E-state index contributed by atoms with van der Waals surface area (Å²) in [7, 11) is 0. The number of fused-ring (bicyclic) bond motifs is 1. The summed E-state index contributed by atoms with van der Waals surface area (Å²) in [6, 6.07) is 1.62. The van der Waals surface area contributed by atoms with Crippen LogP contribution in [0.3, 0.4) is 0 Å². The molecule has 0 radical (unpaired) electrons. The van der Waals surface area contributed by atoms with Crippen LogP contribution >= 0.6 is 0 Å². The van der Waals surface area contributed by atoms with Crippen LogP contribution in [-0.4, -0.2) is 26.2 Å². The first kappa shape index (κ1) is 12.3. The lowest BCUT2D eigenvalue weighted by Gasteiger charge is -2.20. The molecule has 2 aromatic rings. The number of carbonyl (C=O) groups is 1. The number of carbonyl (C=O) groups excluding carboxylic acids is 1. The Morgan fingerprint density at radius 3 is 2.78 bits per heavy atom. The van der Waals surface area contributed by atoms with Crippen molar-refractivity contribution in [2.75, 3.05) is 5.32 Å². The Balaban J connectivity index is 2.14. The maximum Gasteiger partial charge on any atom is 0.319 e. The van der Waals surface area contributed by atoms with Crippen molar-refractivity contribution in [3.05, 3.63) is 24.2 Å². The summed E-state index contributed by atoms with van der Waals surface area (Å²) in [6.07, 6.45) is 3.34. The van der Waals surface area contributed by atoms with Crippen molar-refractivity contribution in [1.82, 2.24) is 19.9 Å². The molecule has 2 heterocycles. The van der Waals surface area contributed by atoms with E-state index in [0.29, 0.717) is 5.69 Å². The lowest BCUT2D eigenvalue weighted by atomic mass is 10.1. The summed E-state index contributed by atoms with van der Waals surface area (Å²) < 4.78 is 1.64. The van der Waals surface area contributed by atoms with E-state index in [2.05, 4.69) is 20.7 Å². The van der Waals surface area contributed by atoms with Crippen LogP contribution in [-0.2, 0) is 0 Å². The Morgan fingerprint density at radius 2 is 2.11 bits per heavy atom. The van der Waals surface area contributed by atoms with Crippen molar-refractivity contribution in [2.24, 2.45) is 0 Å². The number of nitrogens with zero attached hydrogens (tertiary/aromatic N) is 3. The van der Waals surface area contributed by atoms with E-state index in [1.54, 1.807) is 16.9 Å². The highest BCUT2D eigenvalue weighted by Gasteiger charge is 2.13. The van der Waals surface area contributed by atoms with Gasteiger partial charge in [-0.3, -0.25) is 0 Å². The molecule has 0 saturated heterocycles. The second kappa shape index (κ2) is 4.29. The molecule has 0 spiro atoms. The van der Waals surface area contributed by atoms with Gasteiger partial charge in [0, 0.05) is 11.6 Å². The van der Waals surface area contributed by atoms with E-state index >= 15 is 0 Å². The summed E-state index contributed by atoms with van der Waals surface area (Å²) in [6.45, 7) is 7.66. The third-order valence-electron chi connectivity index (χ3n) is 2.18. The van der Waals surface area contributed by atoms with E-state index in [0.717, 1.165) is 11.3 Å². The van der Waals surface area contributed by atoms with E-state index in [4.69, 9.17) is 0 Å². The zero-order valence-electron chi connectivity index (χ0n) is 11.0. The molecule has 0 aliphatic heterocycles. The van der Waals surface area contributed by atoms with Crippen molar-refractivity contribution in [1.29, 1.82) is 0 Å². The Kier molecular flexibility index (Phi) is 2.94. The fraction of sp³-hybridized carbons (Fsp3) is 0.417. The second-order valence-corrected chi connectivity index (χ2v) is 5.26. The van der Waals surface area contributed by atoms with Gasteiger partial charge >= 0.3 is 6.03 Å². The molecule has 0 unspecified atom stereocenters. The number of hydrogen-bond acceptors (Lipinski definition) is 3. The van der Waals surface area contributed by atoms with Crippen molar-refractivity contribution in [2.45, 2.75) is 33.2 Å². The summed E-state index contributed by atoms with van der Waals surface area (Å²) in [5.74, 6) is 0. The number of aromatic nitrogens is 3. The summed E-state index contributed by atoms with van der Waals surface area (Å²) in [5.41, 5.74) is 1.98. The number of amides is 2. The topological polar surface area (TPSA) is 71.3 Å². The van der Waals surface area contributed by atoms with E-state index in [9.17, 15) is 4.79 Å². The highest BCUT2D eigenvalue weighted by atomic mass is 16.2. The summed E-state index contributed by atoms with van der Waals surface area (Å²) >= 11 is 0. The quantitative estimate of drug-likeness (QED) is 0.809. The van der Waals surface area contributed by atoms with Crippen LogP contribution in [0.15, 0.2) is 18.5 Å². The number of urea groups is 1. The highest BCUT2D eigenvalue weighted by molar-refractivity contribution is 5.89. The van der Waals surface area contributed by atoms with E-state index in [1.165, 1.54) is 0 Å². The first-order chi connectivity index (χ1) is 8.33. The predicted molar refractivity (Wildman–Crippen MR) is 69.6 cm³/mol. The fourth-order valence-electron chi connectivity index (χ4n) is 1.56. The van der Waals surface area contributed by atoms with Crippen LogP contribution in [0.5, 0.6) is 0 Å². The number of anilines is 1. The molecule has 0 aliphatic rings. The molecular weight excluding hydrogens is 230 g/mol. The Bertz CT molecular complexity index is 582. The molecule has 2 amide bonds. The zero-order valence-corrected chi connectivity index (χ0v) is 11.0. The summed E-state index contributed by atoms with van der Waals surface area (Å²) in [4.78, 5) is 15.9. The van der Waals surface area contributed by atoms with Gasteiger partial charge < -0.3 is 10.6 Å². The SMILES string of the molecule is Cc1cc2ncc(NC(=O)NC(C)(C)C)cn2n1. The molecule has 0 saturated carbocycles. The number of aryl methyl sites for hydroxylation is 1. The maximum absolute atomic E-state index is 11.7. The molecule has 18 heavy (non-hydrogen) atoms. The standard InChI is InChI=1S/C12H17N5O/c1-8-5-10-13-6-9(7-17(10)16-8)14-11(18)15-12(2,3)4/h5-7H,1-4H3,(H2,14,15,18). The Labute approximate surface area is 105 Å². The van der Waals surface area contributed by atoms with Crippen molar-refractivity contribution < 1.29 is 4.79 Å². The lowest BCUT2D eigenvalue weighted by molar-refractivity contribution is 0.244. The van der Waals surface area contributed by atoms with Gasteiger partial charge in [0.2, 0.25) is 0 Å². The molecule has 0 aliphatic carbocycles. The van der Waals surface area contributed by atoms with Crippen LogP contribution in [0, 0.1) is 6.92 Å². The smallest absolute Gasteiger partial charge is 0.319 e. The molecule has 6 heteroatoms. The van der Waals surface area contributed by atoms with Crippen LogP contribution in [0.1, 0.15) is 26.5 Å². The highest BCUT2D eigenvalue weighted by Crippen LogP contribution is 2.09. The lowest BCUT2D eigenvalue weighted by Crippen LogP contribution is -2.43. The van der Waals surface area contributed by atoms with Gasteiger partial charge in [0.05, 0.1) is 23.8 Å². The van der Waals surface area contributed by atoms with Gasteiger partial charge in [-0.05, 0) is 27.7 Å². The van der Waals surface area contributed by atoms with Crippen molar-refractivity contribution in [3.8, 4) is 0 Å². The van der Waals surface area contributed by atoms with Crippen LogP contribution in [0.2, 0.25) is 0 Å². The van der Waals surface area contributed by atoms with E-state index < -0.39 is 0 Å². The van der Waals surface area contributed by atoms with Gasteiger partial charge in [-0.25, -0.2) is 14.3 Å². The average Bonchev–Trinajstić information content (AvgIpc) is 2.53. The fourth-order valence-corrected chi connectivity index (χ4v) is 1.56. The van der Waals surface area contributed by atoms with Crippen molar-refractivity contribution >= 4 is 17.4 Å². The molecular formula is C12H17N5O. The van der Waals surface area contributed by atoms with Gasteiger partial charge in [-0.2, -0.15) is 5.10 Å². The molecule has 2 N–H and O–H groups in total. The molecule has 0 atom stereocenters. The minimum Gasteiger partial charge on any atom is -0.333 e. The van der Waals surface area contributed by atoms with E-state index in [-0.39, 0.29) is 11.6 Å². The molecule has 6 nitrogen and oxygen atoms in total. The molecule has 0 aromatic carbocycles. The van der Waals surface area contributed by atoms with Gasteiger partial charge in [-0.15, -0.1) is 0 Å². The molecule has 0 bridgehead atoms. The van der Waals surface area contributed by atoms with Gasteiger partial charge in [-0.1, -0.05) is 0 Å². The monoisotopic (exact) mass is 247 g/mol. The predicted octanol–water partition coefficient (Wildman–Crippen LogP) is 1.96. The normalized spacial score (nSPS) is 11.6. The third-order valence-corrected chi connectivity index (χ3v) is 2.18. The largest absolute Gasteiger partial charge is 0.333 e. The minimum absolute atomic E-state index is 0.257. The number of rotatable bonds is 1. The first-order valence-electron chi connectivity index (χ1n) is 5.75. The third kappa shape index (κ3) is 2.97. The van der Waals surface area contributed by atoms with Gasteiger partial charge in [0.1, 0.15) is 0 Å². The first-order valence-corrected chi connectivity index (χ1v) is 5.75. The van der Waals surface area contributed by atoms with Crippen LogP contribution in [0.4, 0.5) is 10.5 Å². The van der Waals surface area contributed by atoms with Gasteiger partial charge in [0.15, 0.2) is 5.65 Å².